The number of benzene rings is 2. The molecule has 0 aliphatic heterocycles. The second-order valence-corrected chi connectivity index (χ2v) is 6.09. The Morgan fingerprint density at radius 2 is 1.67 bits per heavy atom. The molecule has 0 heterocycles. The lowest BCUT2D eigenvalue weighted by Crippen LogP contribution is -2.34. The quantitative estimate of drug-likeness (QED) is 0.771. The maximum absolute atomic E-state index is 11.9. The summed E-state index contributed by atoms with van der Waals surface area (Å²) in [4.78, 5) is 23.3. The fourth-order valence-corrected chi connectivity index (χ4v) is 2.51. The summed E-state index contributed by atoms with van der Waals surface area (Å²) in [5, 5.41) is 12.7. The van der Waals surface area contributed by atoms with Crippen LogP contribution in [0.2, 0.25) is 5.02 Å². The van der Waals surface area contributed by atoms with Crippen LogP contribution < -0.4 is 5.32 Å². The summed E-state index contributed by atoms with van der Waals surface area (Å²) in [6.45, 7) is 0.129. The first-order valence-corrected chi connectivity index (χ1v) is 8.20. The maximum Gasteiger partial charge on any atom is 0.308 e. The standard InChI is InChI=1S/C19H20ClNO3/c20-17-9-6-14(7-10-17)8-11-18(22)21-13-16(19(23)24)12-15-4-2-1-3-5-15/h1-7,9-10,16H,8,11-13H2,(H,21,22)(H,23,24). The summed E-state index contributed by atoms with van der Waals surface area (Å²) in [7, 11) is 0. The SMILES string of the molecule is O=C(CCc1ccc(Cl)cc1)NCC(Cc1ccccc1)C(=O)O. The van der Waals surface area contributed by atoms with Gasteiger partial charge in [-0.2, -0.15) is 0 Å². The van der Waals surface area contributed by atoms with E-state index in [1.54, 1.807) is 12.1 Å². The fraction of sp³-hybridized carbons (Fsp3) is 0.263. The number of aliphatic carboxylic acids is 1. The molecule has 0 fully saturated rings. The minimum Gasteiger partial charge on any atom is -0.481 e. The lowest BCUT2D eigenvalue weighted by Gasteiger charge is -2.13. The zero-order valence-electron chi connectivity index (χ0n) is 13.2. The topological polar surface area (TPSA) is 66.4 Å². The van der Waals surface area contributed by atoms with Gasteiger partial charge in [-0.3, -0.25) is 9.59 Å². The molecule has 0 spiro atoms. The number of carbonyl (C=O) groups excluding carboxylic acids is 1. The molecule has 2 rings (SSSR count). The monoisotopic (exact) mass is 345 g/mol. The molecule has 0 aliphatic rings. The molecule has 0 radical (unpaired) electrons. The molecule has 2 aromatic carbocycles. The molecule has 1 amide bonds. The van der Waals surface area contributed by atoms with Crippen molar-refractivity contribution in [1.29, 1.82) is 0 Å². The predicted octanol–water partition coefficient (Wildman–Crippen LogP) is 3.33. The van der Waals surface area contributed by atoms with Crippen LogP contribution in [0.3, 0.4) is 0 Å². The van der Waals surface area contributed by atoms with Crippen molar-refractivity contribution in [3.05, 3.63) is 70.7 Å². The number of amides is 1. The van der Waals surface area contributed by atoms with Gasteiger partial charge in [-0.05, 0) is 36.1 Å². The molecular weight excluding hydrogens is 326 g/mol. The van der Waals surface area contributed by atoms with Crippen LogP contribution in [-0.2, 0) is 22.4 Å². The molecule has 1 unspecified atom stereocenters. The number of rotatable bonds is 8. The van der Waals surface area contributed by atoms with Crippen LogP contribution in [0.4, 0.5) is 0 Å². The van der Waals surface area contributed by atoms with E-state index < -0.39 is 11.9 Å². The molecular formula is C19H20ClNO3. The third kappa shape index (κ3) is 6.05. The van der Waals surface area contributed by atoms with E-state index in [-0.39, 0.29) is 12.5 Å². The molecule has 0 saturated heterocycles. The minimum atomic E-state index is -0.906. The molecule has 4 nitrogen and oxygen atoms in total. The van der Waals surface area contributed by atoms with Crippen molar-refractivity contribution in [1.82, 2.24) is 5.32 Å². The van der Waals surface area contributed by atoms with Gasteiger partial charge in [0.25, 0.3) is 0 Å². The second-order valence-electron chi connectivity index (χ2n) is 5.66. The largest absolute Gasteiger partial charge is 0.481 e. The number of carboxylic acid groups (broad SMARTS) is 1. The number of halogens is 1. The first-order chi connectivity index (χ1) is 11.5. The Hall–Kier alpha value is -2.33. The number of carboxylic acids is 1. The molecule has 1 atom stereocenters. The first kappa shape index (κ1) is 18.0. The van der Waals surface area contributed by atoms with Gasteiger partial charge in [0.1, 0.15) is 0 Å². The van der Waals surface area contributed by atoms with E-state index in [0.29, 0.717) is 24.3 Å². The normalized spacial score (nSPS) is 11.7. The van der Waals surface area contributed by atoms with Gasteiger partial charge in [0.15, 0.2) is 0 Å². The Morgan fingerprint density at radius 3 is 2.29 bits per heavy atom. The Bertz CT molecular complexity index is 671. The average Bonchev–Trinajstić information content (AvgIpc) is 2.58. The minimum absolute atomic E-state index is 0.129. The molecule has 0 saturated carbocycles. The lowest BCUT2D eigenvalue weighted by atomic mass is 9.99. The van der Waals surface area contributed by atoms with Crippen LogP contribution in [0.25, 0.3) is 0 Å². The van der Waals surface area contributed by atoms with Crippen LogP contribution in [0.5, 0.6) is 0 Å². The fourth-order valence-electron chi connectivity index (χ4n) is 2.38. The number of hydrogen-bond acceptors (Lipinski definition) is 2. The van der Waals surface area contributed by atoms with Crippen molar-refractivity contribution in [2.45, 2.75) is 19.3 Å². The first-order valence-electron chi connectivity index (χ1n) is 7.82. The Labute approximate surface area is 146 Å². The van der Waals surface area contributed by atoms with Gasteiger partial charge < -0.3 is 10.4 Å². The predicted molar refractivity (Wildman–Crippen MR) is 94.1 cm³/mol. The van der Waals surface area contributed by atoms with E-state index in [1.165, 1.54) is 0 Å². The molecule has 2 N–H and O–H groups in total. The van der Waals surface area contributed by atoms with Gasteiger partial charge in [-0.1, -0.05) is 54.1 Å². The Kier molecular flexibility index (Phi) is 6.82. The molecule has 0 aromatic heterocycles. The van der Waals surface area contributed by atoms with E-state index in [2.05, 4.69) is 5.32 Å². The summed E-state index contributed by atoms with van der Waals surface area (Å²) in [5.41, 5.74) is 1.97. The van der Waals surface area contributed by atoms with Crippen LogP contribution >= 0.6 is 11.6 Å². The molecule has 0 aliphatic carbocycles. The van der Waals surface area contributed by atoms with Gasteiger partial charge >= 0.3 is 5.97 Å². The van der Waals surface area contributed by atoms with Crippen molar-refractivity contribution in [3.8, 4) is 0 Å². The molecule has 24 heavy (non-hydrogen) atoms. The summed E-state index contributed by atoms with van der Waals surface area (Å²) in [6, 6.07) is 16.7. The number of nitrogens with one attached hydrogen (secondary N) is 1. The zero-order chi connectivity index (χ0) is 17.4. The zero-order valence-corrected chi connectivity index (χ0v) is 14.0. The Balaban J connectivity index is 1.79. The average molecular weight is 346 g/mol. The number of aryl methyl sites for hydroxylation is 1. The van der Waals surface area contributed by atoms with E-state index in [0.717, 1.165) is 11.1 Å². The molecule has 5 heteroatoms. The van der Waals surface area contributed by atoms with Crippen LogP contribution in [0.1, 0.15) is 17.5 Å². The summed E-state index contributed by atoms with van der Waals surface area (Å²) in [5.74, 6) is -1.69. The summed E-state index contributed by atoms with van der Waals surface area (Å²) >= 11 is 5.82. The number of hydrogen-bond donors (Lipinski definition) is 2. The van der Waals surface area contributed by atoms with E-state index in [4.69, 9.17) is 11.6 Å². The van der Waals surface area contributed by atoms with Crippen LogP contribution in [0.15, 0.2) is 54.6 Å². The van der Waals surface area contributed by atoms with Crippen LogP contribution in [0, 0.1) is 5.92 Å². The summed E-state index contributed by atoms with van der Waals surface area (Å²) in [6.07, 6.45) is 1.31. The smallest absolute Gasteiger partial charge is 0.308 e. The second kappa shape index (κ2) is 9.08. The lowest BCUT2D eigenvalue weighted by molar-refractivity contribution is -0.141. The molecule has 2 aromatic rings. The van der Waals surface area contributed by atoms with Gasteiger partial charge in [-0.25, -0.2) is 0 Å². The van der Waals surface area contributed by atoms with E-state index >= 15 is 0 Å². The maximum atomic E-state index is 11.9. The van der Waals surface area contributed by atoms with E-state index in [1.807, 2.05) is 42.5 Å². The van der Waals surface area contributed by atoms with Crippen molar-refractivity contribution >= 4 is 23.5 Å². The van der Waals surface area contributed by atoms with Crippen molar-refractivity contribution < 1.29 is 14.7 Å². The Morgan fingerprint density at radius 1 is 1.00 bits per heavy atom. The third-order valence-electron chi connectivity index (χ3n) is 3.77. The molecule has 0 bridgehead atoms. The van der Waals surface area contributed by atoms with Gasteiger partial charge in [0.05, 0.1) is 5.92 Å². The van der Waals surface area contributed by atoms with Gasteiger partial charge in [-0.15, -0.1) is 0 Å². The highest BCUT2D eigenvalue weighted by molar-refractivity contribution is 6.30. The van der Waals surface area contributed by atoms with Crippen molar-refractivity contribution in [2.24, 2.45) is 5.92 Å². The van der Waals surface area contributed by atoms with Crippen molar-refractivity contribution in [3.63, 3.8) is 0 Å². The molecule has 126 valence electrons. The highest BCUT2D eigenvalue weighted by Crippen LogP contribution is 2.11. The summed E-state index contributed by atoms with van der Waals surface area (Å²) < 4.78 is 0. The van der Waals surface area contributed by atoms with E-state index in [9.17, 15) is 14.7 Å². The third-order valence-corrected chi connectivity index (χ3v) is 4.03. The number of carbonyl (C=O) groups is 2. The van der Waals surface area contributed by atoms with Crippen LogP contribution in [-0.4, -0.2) is 23.5 Å². The van der Waals surface area contributed by atoms with Crippen molar-refractivity contribution in [2.75, 3.05) is 6.54 Å². The highest BCUT2D eigenvalue weighted by Gasteiger charge is 2.18. The van der Waals surface area contributed by atoms with Gasteiger partial charge in [0, 0.05) is 18.0 Å². The van der Waals surface area contributed by atoms with Gasteiger partial charge in [0.2, 0.25) is 5.91 Å². The highest BCUT2D eigenvalue weighted by atomic mass is 35.5.